The lowest BCUT2D eigenvalue weighted by Crippen LogP contribution is -1.90. The third kappa shape index (κ3) is 8.82. The molecule has 0 amide bonds. The Morgan fingerprint density at radius 1 is 1.27 bits per heavy atom. The average Bonchev–Trinajstić information content (AvgIpc) is 1.87. The summed E-state index contributed by atoms with van der Waals surface area (Å²) in [5.41, 5.74) is 0. The molecule has 0 heterocycles. The summed E-state index contributed by atoms with van der Waals surface area (Å²) in [6, 6.07) is 0. The highest BCUT2D eigenvalue weighted by atomic mass is 79.9. The van der Waals surface area contributed by atoms with Crippen LogP contribution in [0.15, 0.2) is 0 Å². The first kappa shape index (κ1) is 11.9. The second-order valence-electron chi connectivity index (χ2n) is 3.45. The predicted molar refractivity (Wildman–Crippen MR) is 59.9 cm³/mol. The van der Waals surface area contributed by atoms with Crippen molar-refractivity contribution in [2.45, 2.75) is 40.0 Å². The first-order valence-electron chi connectivity index (χ1n) is 4.57. The molecule has 0 rings (SSSR count). The van der Waals surface area contributed by atoms with Crippen molar-refractivity contribution in [3.63, 3.8) is 0 Å². The van der Waals surface area contributed by atoms with Gasteiger partial charge in [-0.3, -0.25) is 0 Å². The molecule has 11 heavy (non-hydrogen) atoms. The minimum atomic E-state index is 0.201. The monoisotopic (exact) mass is 238 g/mol. The van der Waals surface area contributed by atoms with Gasteiger partial charge in [0.05, 0.1) is 0 Å². The molecule has 0 nitrogen and oxygen atoms in total. The summed E-state index contributed by atoms with van der Waals surface area (Å²) in [7, 11) is 0. The van der Waals surface area contributed by atoms with Gasteiger partial charge in [-0.25, -0.2) is 0 Å². The number of halogens is 1. The van der Waals surface area contributed by atoms with E-state index in [0.29, 0.717) is 0 Å². The summed E-state index contributed by atoms with van der Waals surface area (Å²) in [5, 5.41) is 0. The van der Waals surface area contributed by atoms with Gasteiger partial charge in [0.1, 0.15) is 0 Å². The summed E-state index contributed by atoms with van der Waals surface area (Å²) in [6.45, 7) is 7.07. The highest BCUT2D eigenvalue weighted by Crippen LogP contribution is 2.45. The van der Waals surface area contributed by atoms with Crippen molar-refractivity contribution in [2.75, 3.05) is 12.3 Å². The van der Waals surface area contributed by atoms with Crippen LogP contribution in [-0.2, 0) is 0 Å². The van der Waals surface area contributed by atoms with Gasteiger partial charge < -0.3 is 0 Å². The maximum Gasteiger partial charge on any atom is -0.0227 e. The lowest BCUT2D eigenvalue weighted by molar-refractivity contribution is 0.578. The van der Waals surface area contributed by atoms with Crippen molar-refractivity contribution < 1.29 is 0 Å². The van der Waals surface area contributed by atoms with E-state index in [4.69, 9.17) is 0 Å². The van der Waals surface area contributed by atoms with Gasteiger partial charge in [-0.05, 0) is 31.3 Å². The van der Waals surface area contributed by atoms with Crippen molar-refractivity contribution in [3.05, 3.63) is 0 Å². The second-order valence-corrected chi connectivity index (χ2v) is 8.27. The molecule has 0 aromatic carbocycles. The van der Waals surface area contributed by atoms with Gasteiger partial charge in [0, 0.05) is 0 Å². The fraction of sp³-hybridized carbons (Fsp3) is 1.00. The fourth-order valence-electron chi connectivity index (χ4n) is 1.03. The van der Waals surface area contributed by atoms with Crippen molar-refractivity contribution in [1.82, 2.24) is 0 Å². The zero-order valence-corrected chi connectivity index (χ0v) is 10.4. The molecule has 0 aliphatic rings. The third-order valence-corrected chi connectivity index (χ3v) is 5.51. The van der Waals surface area contributed by atoms with E-state index in [1.807, 2.05) is 0 Å². The molecule has 0 aliphatic heterocycles. The van der Waals surface area contributed by atoms with E-state index in [-0.39, 0.29) is 6.62 Å². The zero-order valence-electron chi connectivity index (χ0n) is 7.94. The van der Waals surface area contributed by atoms with Gasteiger partial charge in [0.25, 0.3) is 0 Å². The van der Waals surface area contributed by atoms with Gasteiger partial charge >= 0.3 is 0 Å². The molecule has 0 aliphatic carbocycles. The second kappa shape index (κ2) is 7.55. The van der Waals surface area contributed by atoms with Crippen LogP contribution in [0.1, 0.15) is 40.0 Å². The Hall–Kier alpha value is 0.910. The summed E-state index contributed by atoms with van der Waals surface area (Å²) in [6.07, 6.45) is 6.95. The lowest BCUT2D eigenvalue weighted by atomic mass is 10.1. The van der Waals surface area contributed by atoms with E-state index < -0.39 is 0 Å². The van der Waals surface area contributed by atoms with Crippen LogP contribution < -0.4 is 0 Å². The van der Waals surface area contributed by atoms with Gasteiger partial charge in [-0.15, -0.1) is 0 Å². The predicted octanol–water partition coefficient (Wildman–Crippen LogP) is 4.62. The molecule has 0 fully saturated rings. The Bertz CT molecular complexity index is 83.6. The Labute approximate surface area is 80.6 Å². The van der Waals surface area contributed by atoms with Gasteiger partial charge in [0.15, 0.2) is 0 Å². The van der Waals surface area contributed by atoms with E-state index in [1.165, 1.54) is 31.6 Å². The quantitative estimate of drug-likeness (QED) is 0.593. The standard InChI is InChI=1S/C9H20BrP/c1-4-7-11(10)8-5-6-9(2)3/h9H,4-8H2,1-3H3. The molecule has 0 aromatic rings. The molecule has 0 saturated heterocycles. The molecule has 68 valence electrons. The van der Waals surface area contributed by atoms with E-state index >= 15 is 0 Å². The lowest BCUT2D eigenvalue weighted by Gasteiger charge is -2.09. The summed E-state index contributed by atoms with van der Waals surface area (Å²) >= 11 is 3.75. The Kier molecular flexibility index (Phi) is 8.18. The summed E-state index contributed by atoms with van der Waals surface area (Å²) < 4.78 is 0. The fourth-order valence-corrected chi connectivity index (χ4v) is 4.08. The van der Waals surface area contributed by atoms with Crippen LogP contribution >= 0.6 is 22.1 Å². The molecule has 0 radical (unpaired) electrons. The first-order valence-corrected chi connectivity index (χ1v) is 8.30. The van der Waals surface area contributed by atoms with Crippen LogP contribution in [0.2, 0.25) is 0 Å². The van der Waals surface area contributed by atoms with Crippen molar-refractivity contribution in [2.24, 2.45) is 5.92 Å². The molecular weight excluding hydrogens is 219 g/mol. The summed E-state index contributed by atoms with van der Waals surface area (Å²) in [5.74, 6) is 0.882. The van der Waals surface area contributed by atoms with Crippen LogP contribution in [0.25, 0.3) is 0 Å². The molecular formula is C9H20BrP. The molecule has 0 bridgehead atoms. The van der Waals surface area contributed by atoms with Crippen molar-refractivity contribution >= 4 is 22.1 Å². The van der Waals surface area contributed by atoms with Crippen LogP contribution in [0.3, 0.4) is 0 Å². The highest BCUT2D eigenvalue weighted by molar-refractivity contribution is 9.39. The average molecular weight is 239 g/mol. The molecule has 0 N–H and O–H groups in total. The molecule has 0 aromatic heterocycles. The highest BCUT2D eigenvalue weighted by Gasteiger charge is 2.01. The first-order chi connectivity index (χ1) is 5.16. The molecule has 0 saturated carbocycles. The van der Waals surface area contributed by atoms with E-state index in [9.17, 15) is 0 Å². The topological polar surface area (TPSA) is 0 Å². The van der Waals surface area contributed by atoms with E-state index in [0.717, 1.165) is 5.92 Å². The smallest absolute Gasteiger partial charge is 0.0227 e. The van der Waals surface area contributed by atoms with Crippen LogP contribution in [-0.4, -0.2) is 12.3 Å². The van der Waals surface area contributed by atoms with Crippen LogP contribution in [0.5, 0.6) is 0 Å². The maximum absolute atomic E-state index is 3.75. The Morgan fingerprint density at radius 3 is 2.36 bits per heavy atom. The summed E-state index contributed by atoms with van der Waals surface area (Å²) in [4.78, 5) is 0. The molecule has 0 spiro atoms. The van der Waals surface area contributed by atoms with Crippen molar-refractivity contribution in [3.8, 4) is 0 Å². The minimum absolute atomic E-state index is 0.201. The van der Waals surface area contributed by atoms with Crippen LogP contribution in [0.4, 0.5) is 0 Å². The van der Waals surface area contributed by atoms with E-state index in [1.54, 1.807) is 0 Å². The number of hydrogen-bond acceptors (Lipinski definition) is 0. The van der Waals surface area contributed by atoms with Gasteiger partial charge in [0.2, 0.25) is 0 Å². The van der Waals surface area contributed by atoms with E-state index in [2.05, 4.69) is 36.3 Å². The number of rotatable bonds is 6. The van der Waals surface area contributed by atoms with Crippen molar-refractivity contribution in [1.29, 1.82) is 0 Å². The van der Waals surface area contributed by atoms with Gasteiger partial charge in [-0.2, -0.15) is 0 Å². The maximum atomic E-state index is 3.75. The van der Waals surface area contributed by atoms with Gasteiger partial charge in [-0.1, -0.05) is 49.1 Å². The SMILES string of the molecule is CCCP(Br)CCCC(C)C. The Morgan fingerprint density at radius 2 is 1.91 bits per heavy atom. The molecule has 2 heteroatoms. The Balaban J connectivity index is 3.10. The zero-order chi connectivity index (χ0) is 8.69. The molecule has 1 atom stereocenters. The minimum Gasteiger partial charge on any atom is -0.0650 e. The largest absolute Gasteiger partial charge is 0.0650 e. The van der Waals surface area contributed by atoms with Crippen LogP contribution in [0, 0.1) is 5.92 Å². The third-order valence-electron chi connectivity index (χ3n) is 1.65. The number of hydrogen-bond donors (Lipinski definition) is 0. The normalized spacial score (nSPS) is 13.9. The molecule has 1 unspecified atom stereocenters.